The summed E-state index contributed by atoms with van der Waals surface area (Å²) in [5.41, 5.74) is -1.54. The first-order chi connectivity index (χ1) is 7.91. The standard InChI is InChI=1S/C10H10F3NO2S/c1-3-16-9(15)7-6(10(11,12)13)4-5-14-8(7)17-2/h4-5H,3H2,1-2H3. The number of thioether (sulfide) groups is 1. The van der Waals surface area contributed by atoms with Gasteiger partial charge < -0.3 is 4.74 Å². The zero-order chi connectivity index (χ0) is 13.1. The molecule has 0 saturated heterocycles. The van der Waals surface area contributed by atoms with E-state index < -0.39 is 23.3 Å². The highest BCUT2D eigenvalue weighted by Crippen LogP contribution is 2.35. The second kappa shape index (κ2) is 5.39. The van der Waals surface area contributed by atoms with E-state index >= 15 is 0 Å². The Balaban J connectivity index is 3.36. The quantitative estimate of drug-likeness (QED) is 0.622. The second-order valence-electron chi connectivity index (χ2n) is 2.96. The molecule has 0 atom stereocenters. The Hall–Kier alpha value is -1.24. The van der Waals surface area contributed by atoms with Crippen LogP contribution in [0.5, 0.6) is 0 Å². The number of ether oxygens (including phenoxy) is 1. The van der Waals surface area contributed by atoms with E-state index in [9.17, 15) is 18.0 Å². The number of hydrogen-bond acceptors (Lipinski definition) is 4. The maximum Gasteiger partial charge on any atom is 0.417 e. The molecule has 0 bridgehead atoms. The molecule has 0 aliphatic carbocycles. The average Bonchev–Trinajstić information content (AvgIpc) is 2.27. The third kappa shape index (κ3) is 3.12. The van der Waals surface area contributed by atoms with E-state index in [0.29, 0.717) is 0 Å². The number of hydrogen-bond donors (Lipinski definition) is 0. The van der Waals surface area contributed by atoms with Crippen molar-refractivity contribution in [2.45, 2.75) is 18.1 Å². The van der Waals surface area contributed by atoms with E-state index in [1.165, 1.54) is 6.92 Å². The second-order valence-corrected chi connectivity index (χ2v) is 3.76. The van der Waals surface area contributed by atoms with Crippen LogP contribution in [0.3, 0.4) is 0 Å². The molecule has 0 radical (unpaired) electrons. The van der Waals surface area contributed by atoms with Crippen LogP contribution in [-0.4, -0.2) is 23.8 Å². The minimum Gasteiger partial charge on any atom is -0.462 e. The lowest BCUT2D eigenvalue weighted by Gasteiger charge is -2.13. The summed E-state index contributed by atoms with van der Waals surface area (Å²) in [6.07, 6.45) is -2.03. The molecule has 0 spiro atoms. The molecule has 3 nitrogen and oxygen atoms in total. The lowest BCUT2D eigenvalue weighted by molar-refractivity contribution is -0.138. The van der Waals surface area contributed by atoms with Gasteiger partial charge in [0.15, 0.2) is 0 Å². The molecule has 0 aromatic carbocycles. The molecule has 0 N–H and O–H groups in total. The van der Waals surface area contributed by atoms with Crippen LogP contribution >= 0.6 is 11.8 Å². The number of pyridine rings is 1. The fourth-order valence-electron chi connectivity index (χ4n) is 1.23. The molecule has 0 aliphatic heterocycles. The fourth-order valence-corrected chi connectivity index (χ4v) is 1.80. The SMILES string of the molecule is CCOC(=O)c1c(C(F)(F)F)ccnc1SC. The van der Waals surface area contributed by atoms with Gasteiger partial charge in [0.05, 0.1) is 12.2 Å². The summed E-state index contributed by atoms with van der Waals surface area (Å²) in [6, 6.07) is 0.770. The summed E-state index contributed by atoms with van der Waals surface area (Å²) in [5.74, 6) is -1.00. The van der Waals surface area contributed by atoms with Crippen molar-refractivity contribution >= 4 is 17.7 Å². The van der Waals surface area contributed by atoms with Gasteiger partial charge in [0.2, 0.25) is 0 Å². The van der Waals surface area contributed by atoms with Gasteiger partial charge in [0.1, 0.15) is 10.6 Å². The Morgan fingerprint density at radius 3 is 2.65 bits per heavy atom. The number of esters is 1. The molecule has 17 heavy (non-hydrogen) atoms. The molecule has 0 aliphatic rings. The van der Waals surface area contributed by atoms with Gasteiger partial charge in [-0.2, -0.15) is 13.2 Å². The van der Waals surface area contributed by atoms with Crippen LogP contribution in [0.25, 0.3) is 0 Å². The first-order valence-corrected chi connectivity index (χ1v) is 5.91. The number of aromatic nitrogens is 1. The number of carbonyl (C=O) groups is 1. The van der Waals surface area contributed by atoms with Crippen molar-refractivity contribution in [3.8, 4) is 0 Å². The number of alkyl halides is 3. The fraction of sp³-hybridized carbons (Fsp3) is 0.400. The summed E-state index contributed by atoms with van der Waals surface area (Å²) in [5, 5.41) is 0.0123. The first kappa shape index (κ1) is 13.8. The molecule has 1 aromatic heterocycles. The minimum atomic E-state index is -4.60. The average molecular weight is 265 g/mol. The molecule has 7 heteroatoms. The Morgan fingerprint density at radius 2 is 2.18 bits per heavy atom. The van der Waals surface area contributed by atoms with Crippen molar-refractivity contribution in [2.24, 2.45) is 0 Å². The molecule has 1 rings (SSSR count). The Kier molecular flexibility index (Phi) is 4.39. The van der Waals surface area contributed by atoms with Gasteiger partial charge in [-0.15, -0.1) is 11.8 Å². The topological polar surface area (TPSA) is 39.2 Å². The van der Waals surface area contributed by atoms with Gasteiger partial charge in [-0.05, 0) is 19.2 Å². The van der Waals surface area contributed by atoms with Crippen molar-refractivity contribution in [2.75, 3.05) is 12.9 Å². The van der Waals surface area contributed by atoms with Crippen LogP contribution in [0.15, 0.2) is 17.3 Å². The number of nitrogens with zero attached hydrogens (tertiary/aromatic N) is 1. The van der Waals surface area contributed by atoms with Crippen LogP contribution < -0.4 is 0 Å². The molecule has 0 fully saturated rings. The Bertz CT molecular complexity index is 421. The van der Waals surface area contributed by atoms with Gasteiger partial charge >= 0.3 is 12.1 Å². The molecule has 0 unspecified atom stereocenters. The highest BCUT2D eigenvalue weighted by molar-refractivity contribution is 7.98. The van der Waals surface area contributed by atoms with Gasteiger partial charge in [-0.25, -0.2) is 9.78 Å². The van der Waals surface area contributed by atoms with E-state index in [0.717, 1.165) is 24.0 Å². The van der Waals surface area contributed by atoms with Crippen LogP contribution in [-0.2, 0) is 10.9 Å². The number of carbonyl (C=O) groups excluding carboxylic acids is 1. The van der Waals surface area contributed by atoms with E-state index in [2.05, 4.69) is 9.72 Å². The normalized spacial score (nSPS) is 11.4. The van der Waals surface area contributed by atoms with E-state index in [4.69, 9.17) is 0 Å². The lowest BCUT2D eigenvalue weighted by Crippen LogP contribution is -2.17. The van der Waals surface area contributed by atoms with Crippen LogP contribution in [0.4, 0.5) is 13.2 Å². The van der Waals surface area contributed by atoms with Gasteiger partial charge in [0.25, 0.3) is 0 Å². The summed E-state index contributed by atoms with van der Waals surface area (Å²) in [7, 11) is 0. The third-order valence-corrected chi connectivity index (χ3v) is 2.59. The lowest BCUT2D eigenvalue weighted by atomic mass is 10.1. The Morgan fingerprint density at radius 1 is 1.53 bits per heavy atom. The Labute approximate surface area is 100 Å². The van der Waals surface area contributed by atoms with Crippen molar-refractivity contribution in [3.63, 3.8) is 0 Å². The van der Waals surface area contributed by atoms with Crippen molar-refractivity contribution in [1.82, 2.24) is 4.98 Å². The van der Waals surface area contributed by atoms with Gasteiger partial charge in [-0.1, -0.05) is 0 Å². The van der Waals surface area contributed by atoms with E-state index in [-0.39, 0.29) is 11.6 Å². The number of halogens is 3. The first-order valence-electron chi connectivity index (χ1n) is 4.69. The predicted octanol–water partition coefficient (Wildman–Crippen LogP) is 3.00. The highest BCUT2D eigenvalue weighted by Gasteiger charge is 2.37. The zero-order valence-electron chi connectivity index (χ0n) is 9.17. The predicted molar refractivity (Wildman–Crippen MR) is 57.0 cm³/mol. The molecular weight excluding hydrogens is 255 g/mol. The van der Waals surface area contributed by atoms with E-state index in [1.54, 1.807) is 6.26 Å². The van der Waals surface area contributed by atoms with Crippen molar-refractivity contribution < 1.29 is 22.7 Å². The van der Waals surface area contributed by atoms with Crippen LogP contribution in [0, 0.1) is 0 Å². The monoisotopic (exact) mass is 265 g/mol. The summed E-state index contributed by atoms with van der Waals surface area (Å²) < 4.78 is 42.8. The summed E-state index contributed by atoms with van der Waals surface area (Å²) in [4.78, 5) is 15.3. The summed E-state index contributed by atoms with van der Waals surface area (Å²) in [6.45, 7) is 1.54. The van der Waals surface area contributed by atoms with Gasteiger partial charge in [0, 0.05) is 6.20 Å². The van der Waals surface area contributed by atoms with Crippen LogP contribution in [0.1, 0.15) is 22.8 Å². The highest BCUT2D eigenvalue weighted by atomic mass is 32.2. The molecule has 1 heterocycles. The largest absolute Gasteiger partial charge is 0.462 e. The van der Waals surface area contributed by atoms with Crippen molar-refractivity contribution in [3.05, 3.63) is 23.4 Å². The molecule has 1 aromatic rings. The van der Waals surface area contributed by atoms with Crippen LogP contribution in [0.2, 0.25) is 0 Å². The van der Waals surface area contributed by atoms with E-state index in [1.807, 2.05) is 0 Å². The maximum atomic E-state index is 12.7. The zero-order valence-corrected chi connectivity index (χ0v) is 9.98. The smallest absolute Gasteiger partial charge is 0.417 e. The third-order valence-electron chi connectivity index (χ3n) is 1.89. The van der Waals surface area contributed by atoms with Crippen molar-refractivity contribution in [1.29, 1.82) is 0 Å². The molecule has 0 saturated carbocycles. The molecule has 94 valence electrons. The molecular formula is C10H10F3NO2S. The summed E-state index contributed by atoms with van der Waals surface area (Å²) >= 11 is 0.968. The van der Waals surface area contributed by atoms with Gasteiger partial charge in [-0.3, -0.25) is 0 Å². The number of rotatable bonds is 3. The molecule has 0 amide bonds. The minimum absolute atomic E-state index is 0.0123. The maximum absolute atomic E-state index is 12.7.